The number of nitrogens with zero attached hydrogens (tertiary/aromatic N) is 4. The van der Waals surface area contributed by atoms with E-state index in [1.54, 1.807) is 11.6 Å². The van der Waals surface area contributed by atoms with E-state index in [9.17, 15) is 22.4 Å². The first kappa shape index (κ1) is 23.1. The number of amides is 1. The van der Waals surface area contributed by atoms with Crippen LogP contribution < -0.4 is 14.6 Å². The van der Waals surface area contributed by atoms with Crippen molar-refractivity contribution in [2.75, 3.05) is 38.3 Å². The first-order valence-electron chi connectivity index (χ1n) is 9.92. The van der Waals surface area contributed by atoms with Crippen molar-refractivity contribution in [3.63, 3.8) is 0 Å². The number of fused-ring (bicyclic) bond motifs is 3. The Kier molecular flexibility index (Phi) is 5.65. The maximum Gasteiger partial charge on any atom is 0.274 e. The highest BCUT2D eigenvalue weighted by molar-refractivity contribution is 7.92. The van der Waals surface area contributed by atoms with Crippen LogP contribution >= 0.6 is 11.6 Å². The van der Waals surface area contributed by atoms with Crippen LogP contribution in [0.3, 0.4) is 0 Å². The number of sulfonamides is 1. The smallest absolute Gasteiger partial charge is 0.274 e. The molecule has 1 amide bonds. The highest BCUT2D eigenvalue weighted by atomic mass is 35.5. The maximum absolute atomic E-state index is 13.6. The minimum Gasteiger partial charge on any atom is -0.493 e. The van der Waals surface area contributed by atoms with Crippen molar-refractivity contribution in [3.05, 3.63) is 56.8 Å². The quantitative estimate of drug-likeness (QED) is 0.539. The molecule has 0 fully saturated rings. The number of hydrogen-bond donors (Lipinski definition) is 0. The number of rotatable bonds is 5. The number of benzene rings is 1. The summed E-state index contributed by atoms with van der Waals surface area (Å²) in [7, 11) is 0.656. The molecule has 3 aromatic rings. The van der Waals surface area contributed by atoms with E-state index in [0.29, 0.717) is 24.2 Å². The number of anilines is 1. The van der Waals surface area contributed by atoms with Gasteiger partial charge in [-0.25, -0.2) is 12.8 Å². The molecule has 9 nitrogen and oxygen atoms in total. The molecule has 0 atom stereocenters. The number of halogens is 2. The van der Waals surface area contributed by atoms with Crippen LogP contribution in [0.2, 0.25) is 5.02 Å². The van der Waals surface area contributed by atoms with Crippen LogP contribution in [0.4, 0.5) is 10.1 Å². The van der Waals surface area contributed by atoms with E-state index in [1.807, 2.05) is 0 Å². The van der Waals surface area contributed by atoms with Crippen molar-refractivity contribution in [1.82, 2.24) is 14.0 Å². The third-order valence-electron chi connectivity index (χ3n) is 5.80. The zero-order chi connectivity index (χ0) is 24.2. The fourth-order valence-electron chi connectivity index (χ4n) is 4.00. The maximum atomic E-state index is 13.6. The van der Waals surface area contributed by atoms with Crippen molar-refractivity contribution >= 4 is 44.1 Å². The van der Waals surface area contributed by atoms with Crippen LogP contribution in [0.1, 0.15) is 16.1 Å². The summed E-state index contributed by atoms with van der Waals surface area (Å²) in [4.78, 5) is 28.0. The number of carbonyl (C=O) groups is 1. The zero-order valence-corrected chi connectivity index (χ0v) is 20.0. The van der Waals surface area contributed by atoms with Crippen molar-refractivity contribution < 1.29 is 22.3 Å². The molecule has 2 aromatic heterocycles. The van der Waals surface area contributed by atoms with E-state index in [-0.39, 0.29) is 40.0 Å². The monoisotopic (exact) mass is 496 g/mol. The Balaban J connectivity index is 2.07. The average molecular weight is 497 g/mol. The lowest BCUT2D eigenvalue weighted by Crippen LogP contribution is -2.37. The molecular weight excluding hydrogens is 475 g/mol. The molecule has 1 aliphatic heterocycles. The molecule has 176 valence electrons. The summed E-state index contributed by atoms with van der Waals surface area (Å²) in [5, 5.41) is -0.00184. The number of carbonyl (C=O) groups excluding carboxylic acids is 1. The highest BCUT2D eigenvalue weighted by Gasteiger charge is 2.34. The molecule has 0 unspecified atom stereocenters. The summed E-state index contributed by atoms with van der Waals surface area (Å²) in [5.74, 6) is -0.843. The third-order valence-corrected chi connectivity index (χ3v) is 7.28. The van der Waals surface area contributed by atoms with Crippen molar-refractivity contribution in [2.24, 2.45) is 0 Å². The van der Waals surface area contributed by atoms with Crippen LogP contribution in [-0.4, -0.2) is 62.4 Å². The van der Waals surface area contributed by atoms with E-state index in [1.165, 1.54) is 48.0 Å². The summed E-state index contributed by atoms with van der Waals surface area (Å²) in [6.45, 7) is 0.744. The van der Waals surface area contributed by atoms with E-state index in [2.05, 4.69) is 0 Å². The number of aromatic nitrogens is 2. The highest BCUT2D eigenvalue weighted by Crippen LogP contribution is 2.38. The molecule has 12 heteroatoms. The standard InChI is InChI=1S/C21H22ClFN4O5S/c1-24-7-8-27-17-15(25(2)33(4,30)31)11-26(10-12-5-6-14(23)13(22)9-12)20(28)16(17)19(32-3)18(27)21(24)29/h5-6,9,11H,7-8,10H2,1-4H3. The molecule has 1 aliphatic rings. The number of hydrogen-bond acceptors (Lipinski definition) is 5. The molecule has 0 saturated carbocycles. The van der Waals surface area contributed by atoms with Gasteiger partial charge in [0.05, 0.1) is 36.1 Å². The minimum atomic E-state index is -3.71. The lowest BCUT2D eigenvalue weighted by atomic mass is 10.2. The molecule has 3 heterocycles. The fourth-order valence-corrected chi connectivity index (χ4v) is 4.69. The van der Waals surface area contributed by atoms with Crippen molar-refractivity contribution in [1.29, 1.82) is 0 Å². The van der Waals surface area contributed by atoms with E-state index >= 15 is 0 Å². The Morgan fingerprint density at radius 2 is 1.94 bits per heavy atom. The molecule has 0 spiro atoms. The van der Waals surface area contributed by atoms with Gasteiger partial charge in [0.15, 0.2) is 11.4 Å². The number of likely N-dealkylation sites (N-methyl/N-ethyl adjacent to an activating group) is 1. The number of ether oxygens (including phenoxy) is 1. The Labute approximate surface area is 194 Å². The first-order valence-corrected chi connectivity index (χ1v) is 12.1. The van der Waals surface area contributed by atoms with Gasteiger partial charge < -0.3 is 18.8 Å². The van der Waals surface area contributed by atoms with Gasteiger partial charge in [-0.2, -0.15) is 0 Å². The van der Waals surface area contributed by atoms with Gasteiger partial charge in [0.1, 0.15) is 11.2 Å². The predicted molar refractivity (Wildman–Crippen MR) is 123 cm³/mol. The first-order chi connectivity index (χ1) is 15.5. The van der Waals surface area contributed by atoms with Crippen molar-refractivity contribution in [3.8, 4) is 5.75 Å². The largest absolute Gasteiger partial charge is 0.493 e. The topological polar surface area (TPSA) is 93.8 Å². The lowest BCUT2D eigenvalue weighted by Gasteiger charge is -2.26. The Morgan fingerprint density at radius 3 is 2.55 bits per heavy atom. The third kappa shape index (κ3) is 3.74. The van der Waals surface area contributed by atoms with Crippen LogP contribution in [0, 0.1) is 5.82 Å². The minimum absolute atomic E-state index is 0.00308. The van der Waals surface area contributed by atoms with Gasteiger partial charge in [0.2, 0.25) is 10.0 Å². The van der Waals surface area contributed by atoms with Gasteiger partial charge in [-0.1, -0.05) is 17.7 Å². The summed E-state index contributed by atoms with van der Waals surface area (Å²) in [6.07, 6.45) is 2.46. The van der Waals surface area contributed by atoms with Gasteiger partial charge in [0.25, 0.3) is 11.5 Å². The molecule has 0 N–H and O–H groups in total. The molecule has 4 rings (SSSR count). The van der Waals surface area contributed by atoms with E-state index < -0.39 is 21.4 Å². The van der Waals surface area contributed by atoms with Gasteiger partial charge in [-0.3, -0.25) is 13.9 Å². The molecular formula is C21H22ClFN4O5S. The van der Waals surface area contributed by atoms with Crippen LogP contribution in [0.25, 0.3) is 10.9 Å². The van der Waals surface area contributed by atoms with Gasteiger partial charge >= 0.3 is 0 Å². The van der Waals surface area contributed by atoms with Gasteiger partial charge in [-0.15, -0.1) is 0 Å². The second-order valence-electron chi connectivity index (χ2n) is 7.91. The van der Waals surface area contributed by atoms with Crippen LogP contribution in [-0.2, 0) is 23.1 Å². The Hall–Kier alpha value is -3.05. The molecule has 0 aliphatic carbocycles. The molecule has 33 heavy (non-hydrogen) atoms. The Morgan fingerprint density at radius 1 is 1.24 bits per heavy atom. The number of methoxy groups -OCH3 is 1. The van der Waals surface area contributed by atoms with Crippen LogP contribution in [0.15, 0.2) is 29.2 Å². The second kappa shape index (κ2) is 8.07. The number of pyridine rings is 1. The van der Waals surface area contributed by atoms with E-state index in [4.69, 9.17) is 16.3 Å². The fraction of sp³-hybridized carbons (Fsp3) is 0.333. The summed E-state index contributed by atoms with van der Waals surface area (Å²) in [6, 6.07) is 4.07. The van der Waals surface area contributed by atoms with E-state index in [0.717, 1.165) is 10.6 Å². The van der Waals surface area contributed by atoms with Crippen LogP contribution in [0.5, 0.6) is 5.75 Å². The average Bonchev–Trinajstić information content (AvgIpc) is 3.09. The second-order valence-corrected chi connectivity index (χ2v) is 10.3. The SMILES string of the molecule is COc1c2n(c3c(N(C)S(C)(=O)=O)cn(Cc4ccc(F)c(Cl)c4)c(=O)c13)CCN(C)C2=O. The normalized spacial score (nSPS) is 14.0. The van der Waals surface area contributed by atoms with Gasteiger partial charge in [0, 0.05) is 33.4 Å². The molecule has 0 bridgehead atoms. The lowest BCUT2D eigenvalue weighted by molar-refractivity contribution is 0.0746. The molecule has 0 saturated heterocycles. The predicted octanol–water partition coefficient (Wildman–Crippen LogP) is 2.13. The summed E-state index contributed by atoms with van der Waals surface area (Å²) in [5.41, 5.74) is 0.751. The summed E-state index contributed by atoms with van der Waals surface area (Å²) >= 11 is 5.89. The Bertz CT molecular complexity index is 1460. The summed E-state index contributed by atoms with van der Waals surface area (Å²) < 4.78 is 48.0. The molecule has 1 aromatic carbocycles. The van der Waals surface area contributed by atoms with Gasteiger partial charge in [-0.05, 0) is 17.7 Å². The molecule has 0 radical (unpaired) electrons. The van der Waals surface area contributed by atoms with Crippen molar-refractivity contribution in [2.45, 2.75) is 13.1 Å². The zero-order valence-electron chi connectivity index (χ0n) is 18.4.